The molecule has 0 saturated heterocycles. The maximum atomic E-state index is 12.2. The molecule has 0 aliphatic heterocycles. The maximum Gasteiger partial charge on any atom is 0.253 e. The monoisotopic (exact) mass is 355 g/mol. The highest BCUT2D eigenvalue weighted by Crippen LogP contribution is 2.13. The molecule has 1 N–H and O–H groups in total. The molecule has 6 nitrogen and oxygen atoms in total. The van der Waals surface area contributed by atoms with Crippen LogP contribution >= 0.6 is 0 Å². The van der Waals surface area contributed by atoms with Crippen LogP contribution < -0.4 is 10.3 Å². The van der Waals surface area contributed by atoms with E-state index in [1.165, 1.54) is 29.1 Å². The minimum atomic E-state index is -3.58. The third-order valence-electron chi connectivity index (χ3n) is 3.65. The summed E-state index contributed by atoms with van der Waals surface area (Å²) in [4.78, 5) is 16.6. The zero-order chi connectivity index (χ0) is 17.7. The first kappa shape index (κ1) is 17.1. The molecule has 0 spiro atoms. The minimum Gasteiger partial charge on any atom is -0.298 e. The van der Waals surface area contributed by atoms with Crippen molar-refractivity contribution in [3.05, 3.63) is 83.4 Å². The summed E-state index contributed by atoms with van der Waals surface area (Å²) in [5.74, 6) is 0. The molecule has 128 valence electrons. The summed E-state index contributed by atoms with van der Waals surface area (Å²) in [6, 6.07) is 18.9. The first-order valence-corrected chi connectivity index (χ1v) is 9.21. The van der Waals surface area contributed by atoms with E-state index in [9.17, 15) is 13.2 Å². The molecule has 7 heteroatoms. The lowest BCUT2D eigenvalue weighted by molar-refractivity contribution is 0.569. The van der Waals surface area contributed by atoms with Gasteiger partial charge in [-0.25, -0.2) is 18.1 Å². The first-order valence-electron chi connectivity index (χ1n) is 7.73. The van der Waals surface area contributed by atoms with Gasteiger partial charge in [-0.1, -0.05) is 48.5 Å². The second-order valence-corrected chi connectivity index (χ2v) is 7.15. The number of sulfonamides is 1. The van der Waals surface area contributed by atoms with Crippen LogP contribution in [-0.4, -0.2) is 24.5 Å². The lowest BCUT2D eigenvalue weighted by atomic mass is 10.1. The molecule has 0 atom stereocenters. The van der Waals surface area contributed by atoms with E-state index in [1.807, 2.05) is 30.3 Å². The number of rotatable bonds is 6. The van der Waals surface area contributed by atoms with Crippen molar-refractivity contribution in [2.75, 3.05) is 6.54 Å². The molecule has 1 heterocycles. The van der Waals surface area contributed by atoms with Crippen molar-refractivity contribution in [3.63, 3.8) is 0 Å². The van der Waals surface area contributed by atoms with Gasteiger partial charge in [0.2, 0.25) is 10.0 Å². The van der Waals surface area contributed by atoms with E-state index < -0.39 is 10.0 Å². The molecule has 3 rings (SSSR count). The Morgan fingerprint density at radius 1 is 0.960 bits per heavy atom. The molecule has 2 aromatic carbocycles. The fraction of sp³-hybridized carbons (Fsp3) is 0.111. The van der Waals surface area contributed by atoms with Crippen molar-refractivity contribution in [2.45, 2.75) is 11.4 Å². The van der Waals surface area contributed by atoms with Gasteiger partial charge in [0, 0.05) is 24.7 Å². The fourth-order valence-electron chi connectivity index (χ4n) is 2.34. The maximum absolute atomic E-state index is 12.2. The Hall–Kier alpha value is -2.77. The van der Waals surface area contributed by atoms with Crippen molar-refractivity contribution in [1.29, 1.82) is 0 Å². The lowest BCUT2D eigenvalue weighted by Crippen LogP contribution is -2.30. The van der Waals surface area contributed by atoms with Crippen molar-refractivity contribution in [3.8, 4) is 11.3 Å². The summed E-state index contributed by atoms with van der Waals surface area (Å²) in [5, 5.41) is 0. The minimum absolute atomic E-state index is 0.101. The summed E-state index contributed by atoms with van der Waals surface area (Å²) < 4.78 is 28.1. The fourth-order valence-corrected chi connectivity index (χ4v) is 3.39. The van der Waals surface area contributed by atoms with Gasteiger partial charge in [-0.3, -0.25) is 9.36 Å². The van der Waals surface area contributed by atoms with Gasteiger partial charge in [-0.05, 0) is 12.1 Å². The van der Waals surface area contributed by atoms with Crippen LogP contribution in [0.25, 0.3) is 11.3 Å². The molecule has 0 fully saturated rings. The van der Waals surface area contributed by atoms with Crippen LogP contribution in [0, 0.1) is 0 Å². The van der Waals surface area contributed by atoms with Gasteiger partial charge in [0.1, 0.15) is 0 Å². The zero-order valence-corrected chi connectivity index (χ0v) is 14.2. The Bertz CT molecular complexity index is 1000. The van der Waals surface area contributed by atoms with Gasteiger partial charge in [0.25, 0.3) is 5.56 Å². The van der Waals surface area contributed by atoms with Gasteiger partial charge in [0.05, 0.1) is 16.9 Å². The van der Waals surface area contributed by atoms with Crippen molar-refractivity contribution >= 4 is 10.0 Å². The van der Waals surface area contributed by atoms with Gasteiger partial charge in [-0.15, -0.1) is 0 Å². The number of hydrogen-bond donors (Lipinski definition) is 1. The van der Waals surface area contributed by atoms with E-state index in [1.54, 1.807) is 18.2 Å². The SMILES string of the molecule is O=c1cc(-c2ccccc2)ncn1CCNS(=O)(=O)c1ccccc1. The molecule has 0 aliphatic carbocycles. The van der Waals surface area contributed by atoms with Gasteiger partial charge < -0.3 is 0 Å². The number of benzene rings is 2. The van der Waals surface area contributed by atoms with Crippen LogP contribution in [0.2, 0.25) is 0 Å². The Morgan fingerprint density at radius 3 is 2.24 bits per heavy atom. The molecule has 1 aromatic heterocycles. The molecular formula is C18H17N3O3S. The van der Waals surface area contributed by atoms with E-state index in [4.69, 9.17) is 0 Å². The molecule has 0 amide bonds. The Balaban J connectivity index is 1.67. The summed E-state index contributed by atoms with van der Waals surface area (Å²) in [6.45, 7) is 0.302. The third kappa shape index (κ3) is 4.20. The van der Waals surface area contributed by atoms with Gasteiger partial charge in [-0.2, -0.15) is 0 Å². The molecule has 0 bridgehead atoms. The first-order chi connectivity index (χ1) is 12.1. The van der Waals surface area contributed by atoms with Crippen molar-refractivity contribution < 1.29 is 8.42 Å². The lowest BCUT2D eigenvalue weighted by Gasteiger charge is -2.09. The highest BCUT2D eigenvalue weighted by molar-refractivity contribution is 7.89. The van der Waals surface area contributed by atoms with E-state index in [0.29, 0.717) is 5.69 Å². The smallest absolute Gasteiger partial charge is 0.253 e. The number of hydrogen-bond acceptors (Lipinski definition) is 4. The largest absolute Gasteiger partial charge is 0.298 e. The second kappa shape index (κ2) is 7.42. The molecule has 0 unspecified atom stereocenters. The zero-order valence-electron chi connectivity index (χ0n) is 13.4. The van der Waals surface area contributed by atoms with E-state index in [-0.39, 0.29) is 23.5 Å². The van der Waals surface area contributed by atoms with E-state index in [2.05, 4.69) is 9.71 Å². The van der Waals surface area contributed by atoms with Crippen LogP contribution in [0.4, 0.5) is 0 Å². The second-order valence-electron chi connectivity index (χ2n) is 5.38. The van der Waals surface area contributed by atoms with Crippen molar-refractivity contribution in [1.82, 2.24) is 14.3 Å². The summed E-state index contributed by atoms with van der Waals surface area (Å²) in [6.07, 6.45) is 1.43. The Kier molecular flexibility index (Phi) is 5.06. The Labute approximate surface area is 145 Å². The van der Waals surface area contributed by atoms with Crippen LogP contribution in [0.3, 0.4) is 0 Å². The highest BCUT2D eigenvalue weighted by atomic mass is 32.2. The molecule has 0 saturated carbocycles. The topological polar surface area (TPSA) is 81.1 Å². The van der Waals surface area contributed by atoms with E-state index >= 15 is 0 Å². The average molecular weight is 355 g/mol. The molecule has 0 radical (unpaired) electrons. The normalized spacial score (nSPS) is 11.4. The third-order valence-corrected chi connectivity index (χ3v) is 5.12. The van der Waals surface area contributed by atoms with Gasteiger partial charge in [0.15, 0.2) is 0 Å². The summed E-state index contributed by atoms with van der Waals surface area (Å²) in [5.41, 5.74) is 1.22. The average Bonchev–Trinajstić information content (AvgIpc) is 2.64. The molecule has 3 aromatic rings. The van der Waals surface area contributed by atoms with Crippen LogP contribution in [0.15, 0.2) is 82.7 Å². The van der Waals surface area contributed by atoms with Gasteiger partial charge >= 0.3 is 0 Å². The van der Waals surface area contributed by atoms with Crippen LogP contribution in [0.5, 0.6) is 0 Å². The number of nitrogens with zero attached hydrogens (tertiary/aromatic N) is 2. The van der Waals surface area contributed by atoms with Crippen molar-refractivity contribution in [2.24, 2.45) is 0 Å². The standard InChI is InChI=1S/C18H17N3O3S/c22-18-13-17(15-7-3-1-4-8-15)19-14-21(18)12-11-20-25(23,24)16-9-5-2-6-10-16/h1-10,13-14,20H,11-12H2. The molecular weight excluding hydrogens is 338 g/mol. The highest BCUT2D eigenvalue weighted by Gasteiger charge is 2.12. The number of nitrogens with one attached hydrogen (secondary N) is 1. The van der Waals surface area contributed by atoms with Crippen LogP contribution in [0.1, 0.15) is 0 Å². The van der Waals surface area contributed by atoms with Crippen LogP contribution in [-0.2, 0) is 16.6 Å². The Morgan fingerprint density at radius 2 is 1.60 bits per heavy atom. The number of aromatic nitrogens is 2. The molecule has 0 aliphatic rings. The predicted octanol–water partition coefficient (Wildman–Crippen LogP) is 1.89. The van der Waals surface area contributed by atoms with E-state index in [0.717, 1.165) is 5.56 Å². The predicted molar refractivity (Wildman–Crippen MR) is 95.6 cm³/mol. The summed E-state index contributed by atoms with van der Waals surface area (Å²) >= 11 is 0. The summed E-state index contributed by atoms with van der Waals surface area (Å²) in [7, 11) is -3.58. The quantitative estimate of drug-likeness (QED) is 0.732. The molecule has 25 heavy (non-hydrogen) atoms.